The molecule has 166 valence electrons. The number of carboxylic acid groups (broad SMARTS) is 1. The Kier molecular flexibility index (Phi) is 4.90. The monoisotopic (exact) mass is 423 g/mol. The normalized spacial score (nSPS) is 48.1. The first-order valence-electron chi connectivity index (χ1n) is 10.8. The number of aliphatic hydroxyl groups is 2. The zero-order valence-corrected chi connectivity index (χ0v) is 17.2. The fourth-order valence-electron chi connectivity index (χ4n) is 7.43. The molecule has 0 bridgehead atoms. The van der Waals surface area contributed by atoms with Crippen LogP contribution in [0.15, 0.2) is 16.8 Å². The molecule has 0 aromatic heterocycles. The van der Waals surface area contributed by atoms with Crippen LogP contribution in [0.25, 0.3) is 0 Å². The van der Waals surface area contributed by atoms with Crippen molar-refractivity contribution in [2.24, 2.45) is 27.8 Å². The number of nitrogens with zero attached hydrogens (tertiary/aromatic N) is 1. The molecule has 0 aliphatic heterocycles. The second-order valence-electron chi connectivity index (χ2n) is 9.96. The highest BCUT2D eigenvalue weighted by atomic mass is 19.1. The quantitative estimate of drug-likeness (QED) is 0.313. The Labute approximate surface area is 174 Å². The van der Waals surface area contributed by atoms with E-state index >= 15 is 4.39 Å². The highest BCUT2D eigenvalue weighted by Crippen LogP contribution is 2.70. The Balaban J connectivity index is 1.79. The summed E-state index contributed by atoms with van der Waals surface area (Å²) in [6.07, 6.45) is 3.10. The molecule has 4 rings (SSSR count). The molecule has 7 atom stereocenters. The van der Waals surface area contributed by atoms with Crippen molar-refractivity contribution in [3.63, 3.8) is 0 Å². The van der Waals surface area contributed by atoms with Crippen LogP contribution < -0.4 is 0 Å². The largest absolute Gasteiger partial charge is 0.481 e. The molecule has 0 aromatic carbocycles. The molecule has 4 N–H and O–H groups in total. The number of fused-ring (bicyclic) bond motifs is 5. The Bertz CT molecular complexity index is 828. The molecule has 30 heavy (non-hydrogen) atoms. The predicted molar refractivity (Wildman–Crippen MR) is 105 cm³/mol. The Morgan fingerprint density at radius 1 is 1.30 bits per heavy atom. The molecule has 1 unspecified atom stereocenters. The number of carbonyl (C=O) groups is 2. The number of alkyl halides is 1. The summed E-state index contributed by atoms with van der Waals surface area (Å²) in [5.41, 5.74) is -4.87. The summed E-state index contributed by atoms with van der Waals surface area (Å²) in [5, 5.41) is 44.4. The van der Waals surface area contributed by atoms with E-state index in [9.17, 15) is 25.0 Å². The maximum atomic E-state index is 17.0. The van der Waals surface area contributed by atoms with Crippen molar-refractivity contribution in [3.05, 3.63) is 11.6 Å². The Morgan fingerprint density at radius 3 is 2.70 bits per heavy atom. The molecule has 8 heteroatoms. The number of hydrogen-bond acceptors (Lipinski definition) is 6. The first-order chi connectivity index (χ1) is 14.0. The number of carboxylic acids is 1. The van der Waals surface area contributed by atoms with Gasteiger partial charge in [0.1, 0.15) is 5.67 Å². The van der Waals surface area contributed by atoms with E-state index in [1.165, 1.54) is 6.21 Å². The molecule has 3 saturated carbocycles. The van der Waals surface area contributed by atoms with Gasteiger partial charge in [0.15, 0.2) is 5.78 Å². The predicted octanol–water partition coefficient (Wildman–Crippen LogP) is 2.62. The summed E-state index contributed by atoms with van der Waals surface area (Å²) in [5.74, 6) is -2.04. The molecule has 0 saturated heterocycles. The molecular weight excluding hydrogens is 393 g/mol. The van der Waals surface area contributed by atoms with Gasteiger partial charge < -0.3 is 20.5 Å². The average Bonchev–Trinajstić information content (AvgIpc) is 2.95. The van der Waals surface area contributed by atoms with E-state index in [2.05, 4.69) is 5.16 Å². The summed E-state index contributed by atoms with van der Waals surface area (Å²) >= 11 is 0. The molecule has 4 aliphatic rings. The SMILES string of the molecule is C[C@]12CCC(=O)C=C1CC[C@H]1[C@@H]3CC[C@](O)(CCC(=O)O)[C@@]3(C=NO)CC(O)[C@@]12F. The number of carbonyl (C=O) groups excluding carboxylic acids is 1. The molecule has 0 spiro atoms. The van der Waals surface area contributed by atoms with Crippen molar-refractivity contribution in [1.82, 2.24) is 0 Å². The number of aliphatic hydroxyl groups excluding tert-OH is 1. The highest BCUT2D eigenvalue weighted by Gasteiger charge is 2.74. The summed E-state index contributed by atoms with van der Waals surface area (Å²) in [4.78, 5) is 23.1. The number of halogens is 1. The number of rotatable bonds is 4. The van der Waals surface area contributed by atoms with Gasteiger partial charge in [0.25, 0.3) is 0 Å². The number of aliphatic carboxylic acids is 1. The van der Waals surface area contributed by atoms with Crippen molar-refractivity contribution in [1.29, 1.82) is 0 Å². The lowest BCUT2D eigenvalue weighted by molar-refractivity contribution is -0.214. The van der Waals surface area contributed by atoms with Crippen molar-refractivity contribution in [2.75, 3.05) is 0 Å². The van der Waals surface area contributed by atoms with Crippen molar-refractivity contribution >= 4 is 18.0 Å². The van der Waals surface area contributed by atoms with Gasteiger partial charge in [-0.15, -0.1) is 5.16 Å². The summed E-state index contributed by atoms with van der Waals surface area (Å²) in [6, 6.07) is 0. The van der Waals surface area contributed by atoms with Crippen LogP contribution in [0.2, 0.25) is 0 Å². The van der Waals surface area contributed by atoms with Gasteiger partial charge in [0.05, 0.1) is 17.9 Å². The topological polar surface area (TPSA) is 127 Å². The minimum Gasteiger partial charge on any atom is -0.481 e. The van der Waals surface area contributed by atoms with Gasteiger partial charge in [-0.2, -0.15) is 0 Å². The van der Waals surface area contributed by atoms with Crippen molar-refractivity contribution in [3.8, 4) is 0 Å². The standard InChI is InChI=1S/C22H30FNO6/c1-19-7-4-14(25)10-13(19)2-3-16-15-5-8-21(29,9-6-18(27)28)20(15,12-24-30)11-17(26)22(16,19)23/h10,12,15-17,26,29-30H,2-9,11H2,1H3,(H,27,28)/t15-,16-,17?,19-,20+,21-,22-/m0/s1. The maximum Gasteiger partial charge on any atom is 0.303 e. The molecule has 0 amide bonds. The van der Waals surface area contributed by atoms with Gasteiger partial charge in [0.2, 0.25) is 0 Å². The molecule has 7 nitrogen and oxygen atoms in total. The van der Waals surface area contributed by atoms with Gasteiger partial charge in [-0.1, -0.05) is 12.5 Å². The van der Waals surface area contributed by atoms with Crippen LogP contribution in [-0.4, -0.2) is 55.9 Å². The maximum absolute atomic E-state index is 17.0. The molecule has 0 radical (unpaired) electrons. The van der Waals surface area contributed by atoms with Gasteiger partial charge in [-0.3, -0.25) is 9.59 Å². The molecule has 4 aliphatic carbocycles. The summed E-state index contributed by atoms with van der Waals surface area (Å²) in [6.45, 7) is 1.79. The molecular formula is C22H30FNO6. The van der Waals surface area contributed by atoms with E-state index in [0.717, 1.165) is 5.57 Å². The lowest BCUT2D eigenvalue weighted by atomic mass is 9.43. The smallest absolute Gasteiger partial charge is 0.303 e. The Morgan fingerprint density at radius 2 is 2.03 bits per heavy atom. The van der Waals surface area contributed by atoms with Gasteiger partial charge in [-0.05, 0) is 56.9 Å². The third-order valence-corrected chi connectivity index (χ3v) is 8.96. The van der Waals surface area contributed by atoms with Crippen LogP contribution in [0.4, 0.5) is 4.39 Å². The van der Waals surface area contributed by atoms with Crippen LogP contribution in [-0.2, 0) is 9.59 Å². The van der Waals surface area contributed by atoms with Crippen molar-refractivity contribution in [2.45, 2.75) is 82.1 Å². The molecule has 3 fully saturated rings. The van der Waals surface area contributed by atoms with Gasteiger partial charge in [-0.25, -0.2) is 4.39 Å². The van der Waals surface area contributed by atoms with Gasteiger partial charge in [0, 0.05) is 29.6 Å². The third-order valence-electron chi connectivity index (χ3n) is 8.96. The van der Waals surface area contributed by atoms with Crippen LogP contribution in [0.3, 0.4) is 0 Å². The minimum atomic E-state index is -1.96. The van der Waals surface area contributed by atoms with E-state index in [-0.39, 0.29) is 37.9 Å². The number of hydrogen-bond donors (Lipinski definition) is 4. The zero-order valence-electron chi connectivity index (χ0n) is 17.2. The van der Waals surface area contributed by atoms with E-state index in [4.69, 9.17) is 5.11 Å². The average molecular weight is 423 g/mol. The first kappa shape index (κ1) is 21.4. The lowest BCUT2D eigenvalue weighted by Gasteiger charge is -2.63. The van der Waals surface area contributed by atoms with Crippen LogP contribution in [0.1, 0.15) is 64.7 Å². The fourth-order valence-corrected chi connectivity index (χ4v) is 7.43. The lowest BCUT2D eigenvalue weighted by Crippen LogP contribution is -2.69. The number of oxime groups is 1. The van der Waals surface area contributed by atoms with Gasteiger partial charge >= 0.3 is 5.97 Å². The van der Waals surface area contributed by atoms with Crippen molar-refractivity contribution < 1.29 is 34.5 Å². The second-order valence-corrected chi connectivity index (χ2v) is 9.96. The van der Waals surface area contributed by atoms with E-state index < -0.39 is 46.0 Å². The van der Waals surface area contributed by atoms with E-state index in [0.29, 0.717) is 25.7 Å². The Hall–Kier alpha value is -1.80. The summed E-state index contributed by atoms with van der Waals surface area (Å²) in [7, 11) is 0. The van der Waals surface area contributed by atoms with Crippen LogP contribution >= 0.6 is 0 Å². The molecule has 0 aromatic rings. The zero-order chi connectivity index (χ0) is 21.9. The van der Waals surface area contributed by atoms with Crippen LogP contribution in [0.5, 0.6) is 0 Å². The highest BCUT2D eigenvalue weighted by molar-refractivity contribution is 5.91. The van der Waals surface area contributed by atoms with E-state index in [1.807, 2.05) is 0 Å². The molecule has 0 heterocycles. The first-order valence-corrected chi connectivity index (χ1v) is 10.8. The second kappa shape index (κ2) is 6.85. The summed E-state index contributed by atoms with van der Waals surface area (Å²) < 4.78 is 17.0. The van der Waals surface area contributed by atoms with Crippen LogP contribution in [0, 0.1) is 22.7 Å². The third kappa shape index (κ3) is 2.59. The fraction of sp³-hybridized carbons (Fsp3) is 0.773. The number of ketones is 1. The number of allylic oxidation sites excluding steroid dienone is 1. The van der Waals surface area contributed by atoms with E-state index in [1.54, 1.807) is 13.0 Å². The minimum absolute atomic E-state index is 0.0134.